The number of rotatable bonds is 6. The van der Waals surface area contributed by atoms with E-state index in [-0.39, 0.29) is 29.4 Å². The summed E-state index contributed by atoms with van der Waals surface area (Å²) >= 11 is 0. The van der Waals surface area contributed by atoms with Crippen LogP contribution in [0.2, 0.25) is 0 Å². The van der Waals surface area contributed by atoms with Crippen molar-refractivity contribution < 1.29 is 21.9 Å². The molecular weight excluding hydrogens is 312 g/mol. The summed E-state index contributed by atoms with van der Waals surface area (Å²) < 4.78 is 57.9. The van der Waals surface area contributed by atoms with Crippen LogP contribution >= 0.6 is 0 Å². The predicted octanol–water partition coefficient (Wildman–Crippen LogP) is 2.63. The molecule has 0 radical (unpaired) electrons. The predicted molar refractivity (Wildman–Crippen MR) is 78.2 cm³/mol. The normalized spacial score (nSPS) is 11.4. The van der Waals surface area contributed by atoms with Gasteiger partial charge in [0.1, 0.15) is 12.4 Å². The fourth-order valence-electron chi connectivity index (χ4n) is 1.77. The van der Waals surface area contributed by atoms with Crippen molar-refractivity contribution in [1.82, 2.24) is 4.72 Å². The molecule has 118 valence electrons. The molecule has 2 aromatic carbocycles. The van der Waals surface area contributed by atoms with E-state index in [4.69, 9.17) is 4.74 Å². The smallest absolute Gasteiger partial charge is 0.240 e. The second kappa shape index (κ2) is 6.85. The molecule has 0 saturated carbocycles. The molecule has 0 aliphatic heterocycles. The van der Waals surface area contributed by atoms with Crippen LogP contribution in [0.1, 0.15) is 5.56 Å². The molecule has 7 heteroatoms. The highest BCUT2D eigenvalue weighted by Gasteiger charge is 2.14. The monoisotopic (exact) mass is 327 g/mol. The van der Waals surface area contributed by atoms with Crippen LogP contribution in [-0.2, 0) is 10.0 Å². The van der Waals surface area contributed by atoms with Gasteiger partial charge in [-0.05, 0) is 42.8 Å². The van der Waals surface area contributed by atoms with Crippen molar-refractivity contribution >= 4 is 10.0 Å². The molecule has 0 bridgehead atoms. The van der Waals surface area contributed by atoms with E-state index in [1.807, 2.05) is 0 Å². The molecule has 0 atom stereocenters. The number of aryl methyl sites for hydroxylation is 1. The maximum atomic E-state index is 13.3. The Morgan fingerprint density at radius 3 is 2.50 bits per heavy atom. The zero-order valence-corrected chi connectivity index (χ0v) is 12.7. The van der Waals surface area contributed by atoms with Crippen LogP contribution in [0.5, 0.6) is 5.75 Å². The first kappa shape index (κ1) is 16.4. The van der Waals surface area contributed by atoms with Gasteiger partial charge in [-0.25, -0.2) is 21.9 Å². The maximum Gasteiger partial charge on any atom is 0.240 e. The van der Waals surface area contributed by atoms with Crippen molar-refractivity contribution in [2.24, 2.45) is 0 Å². The minimum Gasteiger partial charge on any atom is -0.489 e. The van der Waals surface area contributed by atoms with E-state index in [1.165, 1.54) is 37.3 Å². The summed E-state index contributed by atoms with van der Waals surface area (Å²) in [6.45, 7) is 1.42. The molecule has 0 heterocycles. The van der Waals surface area contributed by atoms with Gasteiger partial charge in [-0.3, -0.25) is 0 Å². The average molecular weight is 327 g/mol. The van der Waals surface area contributed by atoms with E-state index in [0.29, 0.717) is 0 Å². The molecule has 0 aliphatic carbocycles. The highest BCUT2D eigenvalue weighted by atomic mass is 32.2. The third-order valence-electron chi connectivity index (χ3n) is 2.93. The fourth-order valence-corrected chi connectivity index (χ4v) is 2.86. The van der Waals surface area contributed by atoms with E-state index in [0.717, 1.165) is 6.07 Å². The van der Waals surface area contributed by atoms with E-state index < -0.39 is 21.7 Å². The third kappa shape index (κ3) is 4.02. The minimum atomic E-state index is -3.75. The number of ether oxygens (including phenoxy) is 1. The van der Waals surface area contributed by atoms with Crippen molar-refractivity contribution in [2.45, 2.75) is 11.8 Å². The Bertz CT molecular complexity index is 763. The summed E-state index contributed by atoms with van der Waals surface area (Å²) in [6, 6.07) is 9.37. The van der Waals surface area contributed by atoms with Gasteiger partial charge in [-0.1, -0.05) is 12.1 Å². The first-order valence-electron chi connectivity index (χ1n) is 6.53. The molecule has 2 rings (SSSR count). The van der Waals surface area contributed by atoms with Crippen molar-refractivity contribution in [3.05, 3.63) is 59.7 Å². The zero-order chi connectivity index (χ0) is 16.2. The second-order valence-electron chi connectivity index (χ2n) is 4.59. The lowest BCUT2D eigenvalue weighted by molar-refractivity contribution is 0.306. The number of hydrogen-bond donors (Lipinski definition) is 1. The summed E-state index contributed by atoms with van der Waals surface area (Å²) in [7, 11) is -3.75. The number of benzene rings is 2. The Morgan fingerprint density at radius 2 is 1.82 bits per heavy atom. The van der Waals surface area contributed by atoms with Crippen molar-refractivity contribution in [1.29, 1.82) is 0 Å². The molecular formula is C15H15F2NO3S. The van der Waals surface area contributed by atoms with Gasteiger partial charge < -0.3 is 4.74 Å². The van der Waals surface area contributed by atoms with Gasteiger partial charge in [-0.15, -0.1) is 0 Å². The number of sulfonamides is 1. The molecule has 4 nitrogen and oxygen atoms in total. The fraction of sp³-hybridized carbons (Fsp3) is 0.200. The quantitative estimate of drug-likeness (QED) is 0.830. The average Bonchev–Trinajstić information content (AvgIpc) is 2.48. The Kier molecular flexibility index (Phi) is 5.10. The molecule has 0 spiro atoms. The van der Waals surface area contributed by atoms with Gasteiger partial charge in [0.05, 0.1) is 4.90 Å². The molecule has 0 aliphatic rings. The largest absolute Gasteiger partial charge is 0.489 e. The van der Waals surface area contributed by atoms with E-state index in [9.17, 15) is 17.2 Å². The highest BCUT2D eigenvalue weighted by Crippen LogP contribution is 2.16. The van der Waals surface area contributed by atoms with Crippen LogP contribution in [0.25, 0.3) is 0 Å². The molecule has 2 aromatic rings. The summed E-state index contributed by atoms with van der Waals surface area (Å²) in [4.78, 5) is -0.0303. The lowest BCUT2D eigenvalue weighted by atomic mass is 10.2. The number of para-hydroxylation sites is 1. The number of halogens is 2. The number of nitrogens with one attached hydrogen (secondary N) is 1. The summed E-state index contributed by atoms with van der Waals surface area (Å²) in [5, 5.41) is 0. The third-order valence-corrected chi connectivity index (χ3v) is 4.39. The number of hydrogen-bond acceptors (Lipinski definition) is 3. The lowest BCUT2D eigenvalue weighted by Crippen LogP contribution is -2.28. The van der Waals surface area contributed by atoms with Gasteiger partial charge >= 0.3 is 0 Å². The summed E-state index contributed by atoms with van der Waals surface area (Å²) in [6.07, 6.45) is 0. The molecule has 22 heavy (non-hydrogen) atoms. The topological polar surface area (TPSA) is 55.4 Å². The summed E-state index contributed by atoms with van der Waals surface area (Å²) in [5.41, 5.74) is 0.241. The Labute approximate surface area is 127 Å². The van der Waals surface area contributed by atoms with Crippen LogP contribution in [0, 0.1) is 18.6 Å². The lowest BCUT2D eigenvalue weighted by Gasteiger charge is -2.09. The highest BCUT2D eigenvalue weighted by molar-refractivity contribution is 7.89. The molecule has 0 aromatic heterocycles. The minimum absolute atomic E-state index is 0.0274. The molecule has 1 N–H and O–H groups in total. The Balaban J connectivity index is 1.93. The first-order chi connectivity index (χ1) is 10.4. The van der Waals surface area contributed by atoms with Gasteiger partial charge in [0.15, 0.2) is 11.6 Å². The molecule has 0 saturated heterocycles. The van der Waals surface area contributed by atoms with E-state index >= 15 is 0 Å². The standard InChI is InChI=1S/C15H15F2NO3S/c1-11-10-12(6-7-13(11)16)22(19,20)18-8-9-21-15-5-3-2-4-14(15)17/h2-7,10,18H,8-9H2,1H3. The first-order valence-corrected chi connectivity index (χ1v) is 8.01. The van der Waals surface area contributed by atoms with Crippen LogP contribution in [0.4, 0.5) is 8.78 Å². The van der Waals surface area contributed by atoms with Crippen LogP contribution < -0.4 is 9.46 Å². The van der Waals surface area contributed by atoms with Crippen LogP contribution in [0.3, 0.4) is 0 Å². The van der Waals surface area contributed by atoms with E-state index in [1.54, 1.807) is 6.07 Å². The molecule has 0 fully saturated rings. The molecule has 0 amide bonds. The Morgan fingerprint density at radius 1 is 1.09 bits per heavy atom. The van der Waals surface area contributed by atoms with Crippen LogP contribution in [0.15, 0.2) is 47.4 Å². The van der Waals surface area contributed by atoms with Gasteiger partial charge in [0.25, 0.3) is 0 Å². The molecule has 0 unspecified atom stereocenters. The van der Waals surface area contributed by atoms with Crippen molar-refractivity contribution in [3.63, 3.8) is 0 Å². The van der Waals surface area contributed by atoms with E-state index in [2.05, 4.69) is 4.72 Å². The van der Waals surface area contributed by atoms with Crippen LogP contribution in [-0.4, -0.2) is 21.6 Å². The van der Waals surface area contributed by atoms with Crippen molar-refractivity contribution in [3.8, 4) is 5.75 Å². The van der Waals surface area contributed by atoms with Crippen molar-refractivity contribution in [2.75, 3.05) is 13.2 Å². The Hall–Kier alpha value is -1.99. The SMILES string of the molecule is Cc1cc(S(=O)(=O)NCCOc2ccccc2F)ccc1F. The van der Waals surface area contributed by atoms with Gasteiger partial charge in [0.2, 0.25) is 10.0 Å². The maximum absolute atomic E-state index is 13.3. The second-order valence-corrected chi connectivity index (χ2v) is 6.35. The zero-order valence-electron chi connectivity index (χ0n) is 11.8. The van der Waals surface area contributed by atoms with Gasteiger partial charge in [-0.2, -0.15) is 0 Å². The van der Waals surface area contributed by atoms with Gasteiger partial charge in [0, 0.05) is 6.54 Å². The summed E-state index contributed by atoms with van der Waals surface area (Å²) in [5.74, 6) is -0.930.